The molecule has 0 aliphatic carbocycles. The van der Waals surface area contributed by atoms with Gasteiger partial charge in [0.15, 0.2) is 0 Å². The van der Waals surface area contributed by atoms with Gasteiger partial charge in [0, 0.05) is 38.6 Å². The van der Waals surface area contributed by atoms with Crippen molar-refractivity contribution in [3.63, 3.8) is 0 Å². The second-order valence-electron chi connectivity index (χ2n) is 6.61. The quantitative estimate of drug-likeness (QED) is 0.731. The van der Waals surface area contributed by atoms with Crippen molar-refractivity contribution in [2.24, 2.45) is 5.41 Å². The molecule has 6 heteroatoms. The zero-order valence-corrected chi connectivity index (χ0v) is 13.0. The summed E-state index contributed by atoms with van der Waals surface area (Å²) in [5.41, 5.74) is -0.509. The number of nitrogens with one attached hydrogen (secondary N) is 1. The predicted molar refractivity (Wildman–Crippen MR) is 77.6 cm³/mol. The largest absolute Gasteiger partial charge is 0.481 e. The molecular weight excluding hydrogens is 258 g/mol. The normalized spacial score (nSPS) is 21.7. The molecule has 0 aromatic heterocycles. The van der Waals surface area contributed by atoms with E-state index in [4.69, 9.17) is 5.11 Å². The fraction of sp³-hybridized carbons (Fsp3) is 0.857. The Bertz CT molecular complexity index is 358. The maximum Gasteiger partial charge on any atom is 0.303 e. The number of carbonyl (C=O) groups excluding carboxylic acids is 1. The highest BCUT2D eigenvalue weighted by molar-refractivity contribution is 5.77. The molecule has 1 amide bonds. The maximum absolute atomic E-state index is 11.9. The fourth-order valence-corrected chi connectivity index (χ4v) is 2.52. The van der Waals surface area contributed by atoms with Crippen molar-refractivity contribution in [2.45, 2.75) is 32.7 Å². The number of rotatable bonds is 6. The van der Waals surface area contributed by atoms with Crippen LogP contribution in [-0.4, -0.2) is 73.1 Å². The Hall–Kier alpha value is -1.14. The van der Waals surface area contributed by atoms with Gasteiger partial charge >= 0.3 is 5.97 Å². The minimum atomic E-state index is -0.864. The summed E-state index contributed by atoms with van der Waals surface area (Å²) in [5.74, 6) is -0.936. The van der Waals surface area contributed by atoms with Crippen LogP contribution in [0.5, 0.6) is 0 Å². The van der Waals surface area contributed by atoms with Gasteiger partial charge in [-0.3, -0.25) is 14.5 Å². The molecule has 1 fully saturated rings. The molecule has 6 nitrogen and oxygen atoms in total. The van der Waals surface area contributed by atoms with Crippen molar-refractivity contribution in [2.75, 3.05) is 40.3 Å². The zero-order valence-electron chi connectivity index (χ0n) is 13.0. The van der Waals surface area contributed by atoms with Crippen LogP contribution in [0.1, 0.15) is 26.7 Å². The van der Waals surface area contributed by atoms with Crippen molar-refractivity contribution in [1.29, 1.82) is 0 Å². The molecule has 0 bridgehead atoms. The lowest BCUT2D eigenvalue weighted by Gasteiger charge is -2.37. The summed E-state index contributed by atoms with van der Waals surface area (Å²) in [6.45, 7) is 7.22. The maximum atomic E-state index is 11.9. The molecule has 116 valence electrons. The van der Waals surface area contributed by atoms with E-state index < -0.39 is 11.4 Å². The third-order valence-electron chi connectivity index (χ3n) is 3.78. The Morgan fingerprint density at radius 3 is 2.50 bits per heavy atom. The predicted octanol–water partition coefficient (Wildman–Crippen LogP) is 0.239. The van der Waals surface area contributed by atoms with Crippen molar-refractivity contribution >= 4 is 11.9 Å². The first-order valence-corrected chi connectivity index (χ1v) is 7.07. The number of carboxylic acid groups (broad SMARTS) is 1. The SMILES string of the molecule is CN1CCN(C)C(CNC(=O)CC(C)(C)CC(=O)O)C1. The van der Waals surface area contributed by atoms with Crippen LogP contribution in [0.15, 0.2) is 0 Å². The number of carboxylic acids is 1. The molecule has 0 aromatic carbocycles. The summed E-state index contributed by atoms with van der Waals surface area (Å²) in [6, 6.07) is 0.320. The number of carbonyl (C=O) groups is 2. The van der Waals surface area contributed by atoms with Gasteiger partial charge in [-0.05, 0) is 19.5 Å². The van der Waals surface area contributed by atoms with Gasteiger partial charge in [-0.15, -0.1) is 0 Å². The van der Waals surface area contributed by atoms with E-state index in [2.05, 4.69) is 29.2 Å². The first-order chi connectivity index (χ1) is 9.19. The lowest BCUT2D eigenvalue weighted by molar-refractivity contribution is -0.139. The number of hydrogen-bond donors (Lipinski definition) is 2. The lowest BCUT2D eigenvalue weighted by Crippen LogP contribution is -2.54. The van der Waals surface area contributed by atoms with Gasteiger partial charge in [0.05, 0.1) is 6.42 Å². The van der Waals surface area contributed by atoms with Crippen molar-refractivity contribution < 1.29 is 14.7 Å². The van der Waals surface area contributed by atoms with E-state index in [0.29, 0.717) is 12.6 Å². The Morgan fingerprint density at radius 1 is 1.25 bits per heavy atom. The Labute approximate surface area is 121 Å². The molecule has 1 unspecified atom stereocenters. The Kier molecular flexibility index (Phi) is 5.95. The van der Waals surface area contributed by atoms with E-state index in [9.17, 15) is 9.59 Å². The number of hydrogen-bond acceptors (Lipinski definition) is 4. The fourth-order valence-electron chi connectivity index (χ4n) is 2.52. The van der Waals surface area contributed by atoms with Gasteiger partial charge in [-0.25, -0.2) is 0 Å². The van der Waals surface area contributed by atoms with Gasteiger partial charge in [-0.1, -0.05) is 13.8 Å². The minimum absolute atomic E-state index is 0.00644. The zero-order chi connectivity index (χ0) is 15.3. The number of nitrogens with zero attached hydrogens (tertiary/aromatic N) is 2. The van der Waals surface area contributed by atoms with Crippen LogP contribution in [0.3, 0.4) is 0 Å². The molecule has 2 N–H and O–H groups in total. The highest BCUT2D eigenvalue weighted by Crippen LogP contribution is 2.24. The lowest BCUT2D eigenvalue weighted by atomic mass is 9.85. The van der Waals surface area contributed by atoms with Gasteiger partial charge in [0.2, 0.25) is 5.91 Å². The average Bonchev–Trinajstić information content (AvgIpc) is 2.27. The first kappa shape index (κ1) is 16.9. The van der Waals surface area contributed by atoms with E-state index in [1.54, 1.807) is 13.8 Å². The van der Waals surface area contributed by atoms with Crippen LogP contribution in [-0.2, 0) is 9.59 Å². The second-order valence-corrected chi connectivity index (χ2v) is 6.61. The van der Waals surface area contributed by atoms with Crippen molar-refractivity contribution in [1.82, 2.24) is 15.1 Å². The summed E-state index contributed by atoms with van der Waals surface area (Å²) in [5, 5.41) is 11.7. The van der Waals surface area contributed by atoms with Crippen LogP contribution in [0.4, 0.5) is 0 Å². The smallest absolute Gasteiger partial charge is 0.303 e. The Morgan fingerprint density at radius 2 is 1.90 bits per heavy atom. The summed E-state index contributed by atoms with van der Waals surface area (Å²) < 4.78 is 0. The standard InChI is InChI=1S/C14H27N3O3/c1-14(2,8-13(19)20)7-12(18)15-9-11-10-16(3)5-6-17(11)4/h11H,5-10H2,1-4H3,(H,15,18)(H,19,20). The molecule has 1 aliphatic heterocycles. The van der Waals surface area contributed by atoms with Crippen LogP contribution in [0.2, 0.25) is 0 Å². The summed E-state index contributed by atoms with van der Waals surface area (Å²) in [4.78, 5) is 27.2. The van der Waals surface area contributed by atoms with E-state index in [1.807, 2.05) is 0 Å². The molecule has 1 aliphatic rings. The van der Waals surface area contributed by atoms with Crippen LogP contribution < -0.4 is 5.32 Å². The Balaban J connectivity index is 2.37. The molecular formula is C14H27N3O3. The highest BCUT2D eigenvalue weighted by Gasteiger charge is 2.27. The molecule has 1 saturated heterocycles. The van der Waals surface area contributed by atoms with Gasteiger partial charge in [-0.2, -0.15) is 0 Å². The number of aliphatic carboxylic acids is 1. The average molecular weight is 285 g/mol. The van der Waals surface area contributed by atoms with Crippen LogP contribution in [0.25, 0.3) is 0 Å². The van der Waals surface area contributed by atoms with E-state index in [1.165, 1.54) is 0 Å². The first-order valence-electron chi connectivity index (χ1n) is 7.07. The highest BCUT2D eigenvalue weighted by atomic mass is 16.4. The molecule has 0 radical (unpaired) electrons. The monoisotopic (exact) mass is 285 g/mol. The summed E-state index contributed by atoms with van der Waals surface area (Å²) in [7, 11) is 4.15. The van der Waals surface area contributed by atoms with Crippen LogP contribution >= 0.6 is 0 Å². The van der Waals surface area contributed by atoms with Crippen molar-refractivity contribution in [3.8, 4) is 0 Å². The van der Waals surface area contributed by atoms with E-state index >= 15 is 0 Å². The second kappa shape index (κ2) is 7.04. The molecule has 1 heterocycles. The van der Waals surface area contributed by atoms with E-state index in [0.717, 1.165) is 19.6 Å². The van der Waals surface area contributed by atoms with Gasteiger partial charge in [0.25, 0.3) is 0 Å². The molecule has 1 rings (SSSR count). The van der Waals surface area contributed by atoms with E-state index in [-0.39, 0.29) is 18.7 Å². The van der Waals surface area contributed by atoms with Crippen LogP contribution in [0, 0.1) is 5.41 Å². The van der Waals surface area contributed by atoms with Gasteiger partial charge < -0.3 is 15.3 Å². The molecule has 0 saturated carbocycles. The molecule has 1 atom stereocenters. The topological polar surface area (TPSA) is 72.9 Å². The van der Waals surface area contributed by atoms with Crippen molar-refractivity contribution in [3.05, 3.63) is 0 Å². The third-order valence-corrected chi connectivity index (χ3v) is 3.78. The van der Waals surface area contributed by atoms with Gasteiger partial charge in [0.1, 0.15) is 0 Å². The summed E-state index contributed by atoms with van der Waals surface area (Å²) >= 11 is 0. The molecule has 0 spiro atoms. The number of piperazine rings is 1. The molecule has 20 heavy (non-hydrogen) atoms. The summed E-state index contributed by atoms with van der Waals surface area (Å²) in [6.07, 6.45) is 0.248. The number of amides is 1. The number of likely N-dealkylation sites (N-methyl/N-ethyl adjacent to an activating group) is 2. The third kappa shape index (κ3) is 5.88. The molecule has 0 aromatic rings. The minimum Gasteiger partial charge on any atom is -0.481 e.